The number of hydrogen-bond acceptors (Lipinski definition) is 5. The topological polar surface area (TPSA) is 66.3 Å². The minimum absolute atomic E-state index is 0.0774. The van der Waals surface area contributed by atoms with Gasteiger partial charge in [-0.25, -0.2) is 9.97 Å². The Kier molecular flexibility index (Phi) is 12.0. The fourth-order valence-corrected chi connectivity index (χ4v) is 16.3. The van der Waals surface area contributed by atoms with Gasteiger partial charge in [-0.2, -0.15) is 0 Å². The molecule has 2 aliphatic rings. The summed E-state index contributed by atoms with van der Waals surface area (Å²) in [7, 11) is 0. The Labute approximate surface area is 536 Å². The van der Waals surface area contributed by atoms with Crippen LogP contribution in [0.3, 0.4) is 0 Å². The molecule has 2 aliphatic heterocycles. The van der Waals surface area contributed by atoms with Crippen molar-refractivity contribution in [3.05, 3.63) is 307 Å². The number of aromatic nitrogens is 7. The van der Waals surface area contributed by atoms with Crippen molar-refractivity contribution in [3.63, 3.8) is 0 Å². The maximum Gasteiger partial charge on any atom is 0.0900 e. The molecule has 0 saturated carbocycles. The second-order valence-electron chi connectivity index (χ2n) is 25.4. The van der Waals surface area contributed by atoms with Crippen LogP contribution in [0.2, 0.25) is 0 Å². The maximum absolute atomic E-state index is 5.11. The number of fused-ring (bicyclic) bond motifs is 14. The van der Waals surface area contributed by atoms with Crippen molar-refractivity contribution in [3.8, 4) is 84.6 Å². The van der Waals surface area contributed by atoms with Crippen molar-refractivity contribution in [1.82, 2.24) is 33.6 Å². The summed E-state index contributed by atoms with van der Waals surface area (Å²) in [5, 5.41) is 7.67. The smallest absolute Gasteiger partial charge is 0.0900 e. The van der Waals surface area contributed by atoms with Crippen molar-refractivity contribution < 1.29 is 0 Å². The van der Waals surface area contributed by atoms with Gasteiger partial charge in [-0.3, -0.25) is 9.97 Å². The lowest BCUT2D eigenvalue weighted by atomic mass is 9.77. The second-order valence-corrected chi connectivity index (χ2v) is 26.4. The van der Waals surface area contributed by atoms with Gasteiger partial charge in [0, 0.05) is 81.9 Å². The Hall–Kier alpha value is -11.3. The summed E-state index contributed by atoms with van der Waals surface area (Å²) in [5.41, 5.74) is 25.8. The number of thiophene rings is 1. The summed E-state index contributed by atoms with van der Waals surface area (Å²) in [5.74, 6) is 0. The lowest BCUT2D eigenvalue weighted by Crippen LogP contribution is -2.28. The van der Waals surface area contributed by atoms with Crippen LogP contribution in [-0.4, -0.2) is 33.6 Å². The van der Waals surface area contributed by atoms with E-state index in [1.54, 1.807) is 0 Å². The molecule has 19 rings (SSSR count). The molecule has 436 valence electrons. The molecule has 0 aliphatic carbocycles. The quantitative estimate of drug-likeness (QED) is 0.159. The maximum atomic E-state index is 5.11. The van der Waals surface area contributed by atoms with Crippen molar-refractivity contribution >= 4 is 75.9 Å². The number of para-hydroxylation sites is 4. The molecule has 9 aromatic carbocycles. The average Bonchev–Trinajstić information content (AvgIpc) is 1.52. The summed E-state index contributed by atoms with van der Waals surface area (Å²) in [4.78, 5) is 20.8. The van der Waals surface area contributed by atoms with Gasteiger partial charge in [-0.15, -0.1) is 11.3 Å². The molecule has 8 aromatic heterocycles. The van der Waals surface area contributed by atoms with Crippen molar-refractivity contribution in [2.75, 3.05) is 0 Å². The predicted molar refractivity (Wildman–Crippen MR) is 382 cm³/mol. The van der Waals surface area contributed by atoms with Crippen LogP contribution in [0.15, 0.2) is 285 Å². The fraction of sp³-hybridized carbons (Fsp3) is 0.0714. The van der Waals surface area contributed by atoms with E-state index < -0.39 is 0 Å². The van der Waals surface area contributed by atoms with Gasteiger partial charge in [0.05, 0.1) is 78.8 Å². The highest BCUT2D eigenvalue weighted by molar-refractivity contribution is 7.19. The summed E-state index contributed by atoms with van der Waals surface area (Å²) in [6, 6.07) is 97.7. The van der Waals surface area contributed by atoms with Crippen LogP contribution >= 0.6 is 11.3 Å². The van der Waals surface area contributed by atoms with E-state index in [0.717, 1.165) is 56.4 Å². The highest BCUT2D eigenvalue weighted by atomic mass is 32.1. The zero-order valence-corrected chi connectivity index (χ0v) is 52.0. The Bertz CT molecular complexity index is 5680. The van der Waals surface area contributed by atoms with E-state index in [0.29, 0.717) is 0 Å². The molecule has 0 saturated heterocycles. The predicted octanol–water partition coefficient (Wildman–Crippen LogP) is 21.6. The van der Waals surface area contributed by atoms with E-state index >= 15 is 0 Å². The third-order valence-corrected chi connectivity index (χ3v) is 20.8. The van der Waals surface area contributed by atoms with Gasteiger partial charge in [0.2, 0.25) is 0 Å². The van der Waals surface area contributed by atoms with Gasteiger partial charge < -0.3 is 13.7 Å². The number of pyridine rings is 4. The molecule has 17 aromatic rings. The van der Waals surface area contributed by atoms with Crippen LogP contribution in [0, 0.1) is 0 Å². The molecule has 0 amide bonds. The van der Waals surface area contributed by atoms with E-state index in [9.17, 15) is 0 Å². The van der Waals surface area contributed by atoms with E-state index in [4.69, 9.17) is 9.97 Å². The zero-order chi connectivity index (χ0) is 61.4. The monoisotopic (exact) mass is 1200 g/mol. The van der Waals surface area contributed by atoms with Crippen molar-refractivity contribution in [2.45, 2.75) is 38.5 Å². The van der Waals surface area contributed by atoms with Gasteiger partial charge in [0.15, 0.2) is 0 Å². The highest BCUT2D eigenvalue weighted by Crippen LogP contribution is 2.55. The summed E-state index contributed by atoms with van der Waals surface area (Å²) in [6.45, 7) is 9.52. The second kappa shape index (κ2) is 20.6. The summed E-state index contributed by atoms with van der Waals surface area (Å²) in [6.07, 6.45) is 3.63. The first-order valence-electron chi connectivity index (χ1n) is 31.5. The number of hydrogen-bond donors (Lipinski definition) is 0. The number of benzene rings is 9. The van der Waals surface area contributed by atoms with Crippen LogP contribution in [0.25, 0.3) is 149 Å². The van der Waals surface area contributed by atoms with Gasteiger partial charge in [-0.1, -0.05) is 204 Å². The SMILES string of the molecule is CC1(C)c2cccc3c4cc(-c5cc(-c6ccccn6)nc(-c6ccccn6)c5)ccc4n(c23)-c2c1n(-c1ccccc1)c1ccccc21.CC1(C)c2sc3ccccc3c2-n2c3ccc(-c4cc(-c5ccccc5)nc(-c5ccccc5)c4)cc3c3cccc1c32. The Morgan fingerprint density at radius 3 is 1.33 bits per heavy atom. The molecule has 0 bridgehead atoms. The molecule has 0 unspecified atom stereocenters. The van der Waals surface area contributed by atoms with Crippen molar-refractivity contribution in [2.24, 2.45) is 0 Å². The normalized spacial score (nSPS) is 13.4. The lowest BCUT2D eigenvalue weighted by molar-refractivity contribution is 0.596. The average molecular weight is 1200 g/mol. The number of nitrogens with zero attached hydrogens (tertiary/aromatic N) is 7. The first-order valence-corrected chi connectivity index (χ1v) is 32.3. The minimum Gasteiger partial charge on any atom is -0.311 e. The molecule has 0 N–H and O–H groups in total. The van der Waals surface area contributed by atoms with E-state index in [2.05, 4.69) is 288 Å². The molecule has 8 heteroatoms. The Balaban J connectivity index is 0.000000137. The molecule has 10 heterocycles. The van der Waals surface area contributed by atoms with Gasteiger partial charge >= 0.3 is 0 Å². The van der Waals surface area contributed by atoms with Gasteiger partial charge in [0.1, 0.15) is 0 Å². The molecule has 92 heavy (non-hydrogen) atoms. The molecule has 0 atom stereocenters. The van der Waals surface area contributed by atoms with Crippen LogP contribution in [0.1, 0.15) is 49.4 Å². The molecular weight excluding hydrogens is 1140 g/mol. The molecule has 0 spiro atoms. The first-order chi connectivity index (χ1) is 45.2. The standard InChI is InChI=1S/C44H31N5.C40H28N2S/c1-44(2)34-17-12-16-31-33-25-28(29-26-37(35-18-8-10-23-45-35)47-38(27-29)36-19-9-11-24-46-36)21-22-40(33)49(41(31)34)42-32-15-6-7-20-39(32)48(43(42)44)30-13-4-3-5-14-30;1-40(2)32-18-11-17-29-31-22-27(20-21-35(31)42(37(29)32)38-30-16-9-10-19-36(30)43-39(38)40)28-23-33(25-12-5-3-6-13-25)41-34(24-28)26-14-7-4-8-15-26/h3-27H,1-2H3;3-24H,1-2H3. The van der Waals surface area contributed by atoms with Crippen molar-refractivity contribution in [1.29, 1.82) is 0 Å². The van der Waals surface area contributed by atoms with Crippen LogP contribution in [0.4, 0.5) is 0 Å². The Morgan fingerprint density at radius 1 is 0.304 bits per heavy atom. The minimum atomic E-state index is -0.253. The van der Waals surface area contributed by atoms with Crippen LogP contribution < -0.4 is 0 Å². The molecule has 0 fully saturated rings. The lowest BCUT2D eigenvalue weighted by Gasteiger charge is -2.34. The molecule has 0 radical (unpaired) electrons. The highest BCUT2D eigenvalue weighted by Gasteiger charge is 2.41. The van der Waals surface area contributed by atoms with Crippen LogP contribution in [-0.2, 0) is 10.8 Å². The van der Waals surface area contributed by atoms with E-state index in [1.165, 1.54) is 114 Å². The molecule has 7 nitrogen and oxygen atoms in total. The third-order valence-electron chi connectivity index (χ3n) is 19.3. The summed E-state index contributed by atoms with van der Waals surface area (Å²) < 4.78 is 8.89. The molecular formula is C84H59N7S. The van der Waals surface area contributed by atoms with E-state index in [-0.39, 0.29) is 10.8 Å². The van der Waals surface area contributed by atoms with Crippen LogP contribution in [0.5, 0.6) is 0 Å². The summed E-state index contributed by atoms with van der Waals surface area (Å²) >= 11 is 1.94. The largest absolute Gasteiger partial charge is 0.311 e. The van der Waals surface area contributed by atoms with Gasteiger partial charge in [-0.05, 0) is 130 Å². The zero-order valence-electron chi connectivity index (χ0n) is 51.2. The fourth-order valence-electron chi connectivity index (χ4n) is 15.0. The third kappa shape index (κ3) is 8.20. The van der Waals surface area contributed by atoms with E-state index in [1.807, 2.05) is 60.1 Å². The number of rotatable bonds is 7. The van der Waals surface area contributed by atoms with Gasteiger partial charge in [0.25, 0.3) is 0 Å². The first kappa shape index (κ1) is 53.7. The Morgan fingerprint density at radius 2 is 0.761 bits per heavy atom.